The molecule has 0 spiro atoms. The van der Waals surface area contributed by atoms with Crippen LogP contribution in [0.2, 0.25) is 0 Å². The number of hydrogen-bond donors (Lipinski definition) is 4. The monoisotopic (exact) mass is 1010 g/mol. The number of aromatic amines is 1. The van der Waals surface area contributed by atoms with Crippen molar-refractivity contribution in [1.82, 2.24) is 23.5 Å². The van der Waals surface area contributed by atoms with Crippen LogP contribution in [0.3, 0.4) is 0 Å². The van der Waals surface area contributed by atoms with E-state index in [0.29, 0.717) is 60.5 Å². The average molecular weight is 1010 g/mol. The molecular formula is C52H79N9O9S. The maximum absolute atomic E-state index is 14.6. The number of nitrogens with one attached hydrogen (secondary N) is 4. The molecule has 0 radical (unpaired) electrons. The molecule has 2 aromatic heterocycles. The van der Waals surface area contributed by atoms with Gasteiger partial charge in [-0.1, -0.05) is 34.6 Å². The predicted octanol–water partition coefficient (Wildman–Crippen LogP) is 7.67. The van der Waals surface area contributed by atoms with E-state index < -0.39 is 28.9 Å². The number of nitrogens with zero attached hydrogens (tertiary/aromatic N) is 5. The molecule has 0 aliphatic carbocycles. The fourth-order valence-corrected chi connectivity index (χ4v) is 9.81. The zero-order valence-corrected chi connectivity index (χ0v) is 45.2. The number of H-pyrrole nitrogens is 1. The summed E-state index contributed by atoms with van der Waals surface area (Å²) in [5.41, 5.74) is 2.70. The van der Waals surface area contributed by atoms with Gasteiger partial charge in [-0.3, -0.25) is 24.0 Å². The number of aryl methyl sites for hydroxylation is 1. The van der Waals surface area contributed by atoms with Gasteiger partial charge in [0.05, 0.1) is 42.7 Å². The summed E-state index contributed by atoms with van der Waals surface area (Å²) in [5, 5.41) is 9.40. The van der Waals surface area contributed by atoms with Crippen LogP contribution < -0.4 is 25.6 Å². The van der Waals surface area contributed by atoms with Gasteiger partial charge in [-0.2, -0.15) is 4.37 Å². The number of amides is 3. The first-order valence-electron chi connectivity index (χ1n) is 25.3. The third-order valence-corrected chi connectivity index (χ3v) is 14.3. The molecule has 3 amide bonds. The lowest BCUT2D eigenvalue weighted by Gasteiger charge is -2.41. The van der Waals surface area contributed by atoms with E-state index in [1.165, 1.54) is 6.92 Å². The highest BCUT2D eigenvalue weighted by molar-refractivity contribution is 6.99. The molecule has 1 fully saturated rings. The van der Waals surface area contributed by atoms with E-state index in [2.05, 4.69) is 48.4 Å². The first-order chi connectivity index (χ1) is 33.6. The Kier molecular flexibility index (Phi) is 19.9. The molecule has 18 nitrogen and oxygen atoms in total. The zero-order valence-electron chi connectivity index (χ0n) is 44.4. The molecule has 0 bridgehead atoms. The molecule has 4 N–H and O–H groups in total. The molecule has 5 rings (SSSR count). The number of likely N-dealkylation sites (N-methyl/N-ethyl adjacent to an activating group) is 1. The van der Waals surface area contributed by atoms with Crippen molar-refractivity contribution in [3.05, 3.63) is 40.7 Å². The number of aromatic nitrogens is 3. The van der Waals surface area contributed by atoms with Crippen LogP contribution in [0.15, 0.2) is 18.2 Å². The van der Waals surface area contributed by atoms with Gasteiger partial charge in [-0.05, 0) is 111 Å². The summed E-state index contributed by atoms with van der Waals surface area (Å²) in [6.45, 7) is 30.6. The van der Waals surface area contributed by atoms with Crippen LogP contribution in [0.1, 0.15) is 131 Å². The summed E-state index contributed by atoms with van der Waals surface area (Å²) in [7, 11) is 0. The normalized spacial score (nSPS) is 16.3. The van der Waals surface area contributed by atoms with E-state index in [1.807, 2.05) is 66.4 Å². The Bertz CT molecular complexity index is 2360. The highest BCUT2D eigenvalue weighted by Crippen LogP contribution is 2.37. The quantitative estimate of drug-likeness (QED) is 0.0541. The molecule has 4 heterocycles. The van der Waals surface area contributed by atoms with Crippen molar-refractivity contribution in [2.45, 2.75) is 151 Å². The van der Waals surface area contributed by atoms with Gasteiger partial charge >= 0.3 is 0 Å². The number of ketones is 2. The second kappa shape index (κ2) is 25.0. The molecule has 3 aromatic rings. The third-order valence-electron chi connectivity index (χ3n) is 13.8. The van der Waals surface area contributed by atoms with E-state index in [4.69, 9.17) is 18.9 Å². The number of anilines is 4. The number of Topliss-reactive ketones (excluding diaryl/α,β-unsaturated/α-hetero) is 2. The molecule has 1 saturated heterocycles. The number of rotatable bonds is 27. The molecule has 19 heteroatoms. The lowest BCUT2D eigenvalue weighted by Crippen LogP contribution is -2.55. The van der Waals surface area contributed by atoms with Crippen molar-refractivity contribution in [1.29, 1.82) is 0 Å². The standard InChI is InChI=1S/C52H79N9O9S/c1-14-51(13,70-38(31-61(36(9)62)50(10,11)12)32-68-49-47(57-71-58-49)60-25-27-67-28-26-60)46(65)35(8)69-52(15-2,16-3)43(63)21-22-44(64)55-37-19-20-41-39(29-37)40(48(66)56-41)30-42-33(6)45(34(7)54-42)53-23-24-59(17-4)18-5/h19-20,29-30,35,38,53-54H,14-18,21-28,31-32H2,1-13H3,(H,55,64)(H,56,66)/b40-30-/t35-,38-,51?/m0/s1. The van der Waals surface area contributed by atoms with Crippen LogP contribution in [0, 0.1) is 13.8 Å². The van der Waals surface area contributed by atoms with E-state index in [0.717, 1.165) is 60.5 Å². The van der Waals surface area contributed by atoms with Crippen LogP contribution in [-0.2, 0) is 38.2 Å². The first kappa shape index (κ1) is 56.7. The van der Waals surface area contributed by atoms with Gasteiger partial charge in [0, 0.05) is 79.8 Å². The summed E-state index contributed by atoms with van der Waals surface area (Å²) in [6, 6.07) is 5.22. The van der Waals surface area contributed by atoms with Crippen LogP contribution in [-0.4, -0.2) is 147 Å². The number of carbonyl (C=O) groups is 5. The Hall–Kier alpha value is -5.21. The second-order valence-corrected chi connectivity index (χ2v) is 20.1. The van der Waals surface area contributed by atoms with Gasteiger partial charge in [0.1, 0.15) is 30.0 Å². The van der Waals surface area contributed by atoms with Crippen LogP contribution in [0.25, 0.3) is 11.6 Å². The molecule has 1 unspecified atom stereocenters. The minimum Gasteiger partial charge on any atom is -0.472 e. The van der Waals surface area contributed by atoms with E-state index >= 15 is 0 Å². The lowest BCUT2D eigenvalue weighted by molar-refractivity contribution is -0.180. The van der Waals surface area contributed by atoms with Crippen LogP contribution >= 0.6 is 11.7 Å². The molecule has 71 heavy (non-hydrogen) atoms. The fraction of sp³-hybridized carbons (Fsp3) is 0.635. The Labute approximate surface area is 424 Å². The van der Waals surface area contributed by atoms with Crippen molar-refractivity contribution in [3.8, 4) is 5.88 Å². The molecular weight excluding hydrogens is 927 g/mol. The topological polar surface area (TPSA) is 210 Å². The summed E-state index contributed by atoms with van der Waals surface area (Å²) in [4.78, 5) is 78.0. The molecule has 2 aliphatic heterocycles. The summed E-state index contributed by atoms with van der Waals surface area (Å²) in [5.74, 6) is -0.531. The smallest absolute Gasteiger partial charge is 0.270 e. The van der Waals surface area contributed by atoms with Gasteiger partial charge < -0.3 is 54.6 Å². The highest BCUT2D eigenvalue weighted by atomic mass is 32.1. The number of hydrogen-bond acceptors (Lipinski definition) is 15. The van der Waals surface area contributed by atoms with Gasteiger partial charge in [0.25, 0.3) is 11.8 Å². The average Bonchev–Trinajstić information content (AvgIpc) is 4.02. The van der Waals surface area contributed by atoms with Gasteiger partial charge in [-0.15, -0.1) is 4.37 Å². The second-order valence-electron chi connectivity index (χ2n) is 19.6. The first-order valence-corrected chi connectivity index (χ1v) is 26.0. The van der Waals surface area contributed by atoms with Gasteiger partial charge in [0.2, 0.25) is 17.6 Å². The van der Waals surface area contributed by atoms with Crippen molar-refractivity contribution >= 4 is 75.5 Å². The molecule has 1 aromatic carbocycles. The minimum absolute atomic E-state index is 0.0309. The SMILES string of the molecule is CCN(CC)CCNc1c(C)[nH]c(/C=C2\C(=O)Nc3ccc(NC(=O)CCC(=O)C(CC)(CC)O[C@@H](C)C(=O)C(C)(CC)O[C@H](COc4nsnc4N4CCOCC4)CN(C(C)=O)C(C)(C)C)cc32)c1C. The van der Waals surface area contributed by atoms with Crippen molar-refractivity contribution in [3.63, 3.8) is 0 Å². The number of carbonyl (C=O) groups excluding carboxylic acids is 5. The Balaban J connectivity index is 1.25. The number of fused-ring (bicyclic) bond motifs is 1. The number of benzene rings is 1. The summed E-state index contributed by atoms with van der Waals surface area (Å²) >= 11 is 1.04. The van der Waals surface area contributed by atoms with Crippen LogP contribution in [0.4, 0.5) is 22.9 Å². The fourth-order valence-electron chi connectivity index (χ4n) is 9.29. The maximum Gasteiger partial charge on any atom is 0.270 e. The zero-order chi connectivity index (χ0) is 52.3. The molecule has 0 saturated carbocycles. The molecule has 2 aliphatic rings. The van der Waals surface area contributed by atoms with Crippen LogP contribution in [0.5, 0.6) is 5.88 Å². The van der Waals surface area contributed by atoms with Crippen molar-refractivity contribution in [2.75, 3.05) is 86.5 Å². The minimum atomic E-state index is -1.41. The third kappa shape index (κ3) is 14.1. The Morgan fingerprint density at radius 2 is 1.66 bits per heavy atom. The summed E-state index contributed by atoms with van der Waals surface area (Å²) in [6.07, 6.45) is 0.512. The van der Waals surface area contributed by atoms with Gasteiger partial charge in [-0.25, -0.2) is 0 Å². The molecule has 392 valence electrons. The predicted molar refractivity (Wildman–Crippen MR) is 280 cm³/mol. The van der Waals surface area contributed by atoms with E-state index in [1.54, 1.807) is 36.9 Å². The van der Waals surface area contributed by atoms with E-state index in [9.17, 15) is 24.0 Å². The Morgan fingerprint density at radius 1 is 0.972 bits per heavy atom. The maximum atomic E-state index is 14.6. The van der Waals surface area contributed by atoms with Crippen molar-refractivity contribution in [2.24, 2.45) is 0 Å². The van der Waals surface area contributed by atoms with E-state index in [-0.39, 0.29) is 74.5 Å². The van der Waals surface area contributed by atoms with Gasteiger partial charge in [0.15, 0.2) is 11.6 Å². The lowest BCUT2D eigenvalue weighted by atomic mass is 9.87. The largest absolute Gasteiger partial charge is 0.472 e. The number of ether oxygens (including phenoxy) is 4. The molecule has 3 atom stereocenters. The Morgan fingerprint density at radius 3 is 2.28 bits per heavy atom. The summed E-state index contributed by atoms with van der Waals surface area (Å²) < 4.78 is 33.9. The number of morpholine rings is 1. The van der Waals surface area contributed by atoms with Crippen molar-refractivity contribution < 1.29 is 42.9 Å². The highest BCUT2D eigenvalue weighted by Gasteiger charge is 2.45.